The Kier molecular flexibility index (Phi) is 4.17. The van der Waals surface area contributed by atoms with Crippen LogP contribution in [0.4, 0.5) is 14.6 Å². The lowest BCUT2D eigenvalue weighted by Gasteiger charge is -2.11. The first-order valence-electron chi connectivity index (χ1n) is 6.33. The SMILES string of the molecule is CC(C)Cc1cnc(N)c(Oc2ccc(F)cc2F)c1. The van der Waals surface area contributed by atoms with E-state index in [0.29, 0.717) is 5.92 Å². The van der Waals surface area contributed by atoms with Crippen molar-refractivity contribution in [2.45, 2.75) is 20.3 Å². The molecule has 2 N–H and O–H groups in total. The molecule has 5 heteroatoms. The van der Waals surface area contributed by atoms with Gasteiger partial charge in [-0.2, -0.15) is 0 Å². The van der Waals surface area contributed by atoms with Crippen molar-refractivity contribution in [1.29, 1.82) is 0 Å². The monoisotopic (exact) mass is 278 g/mol. The van der Waals surface area contributed by atoms with Gasteiger partial charge in [-0.25, -0.2) is 13.8 Å². The zero-order valence-electron chi connectivity index (χ0n) is 11.4. The summed E-state index contributed by atoms with van der Waals surface area (Å²) in [5, 5.41) is 0. The van der Waals surface area contributed by atoms with Crippen molar-refractivity contribution < 1.29 is 13.5 Å². The van der Waals surface area contributed by atoms with Gasteiger partial charge in [0.1, 0.15) is 5.82 Å². The lowest BCUT2D eigenvalue weighted by Crippen LogP contribution is -2.00. The third-order valence-corrected chi connectivity index (χ3v) is 2.70. The van der Waals surface area contributed by atoms with Crippen molar-refractivity contribution in [3.8, 4) is 11.5 Å². The van der Waals surface area contributed by atoms with Gasteiger partial charge in [-0.3, -0.25) is 0 Å². The zero-order valence-corrected chi connectivity index (χ0v) is 11.4. The summed E-state index contributed by atoms with van der Waals surface area (Å²) in [6.45, 7) is 4.16. The third kappa shape index (κ3) is 3.44. The number of ether oxygens (including phenoxy) is 1. The maximum atomic E-state index is 13.6. The van der Waals surface area contributed by atoms with Crippen molar-refractivity contribution in [3.05, 3.63) is 47.7 Å². The number of rotatable bonds is 4. The van der Waals surface area contributed by atoms with Crippen LogP contribution in [0.3, 0.4) is 0 Å². The van der Waals surface area contributed by atoms with Crippen LogP contribution in [0.5, 0.6) is 11.5 Å². The molecular formula is C15H16F2N2O. The molecule has 0 radical (unpaired) electrons. The number of nitrogens with two attached hydrogens (primary N) is 1. The number of aromatic nitrogens is 1. The van der Waals surface area contributed by atoms with E-state index in [2.05, 4.69) is 18.8 Å². The van der Waals surface area contributed by atoms with E-state index in [1.165, 1.54) is 6.07 Å². The number of benzene rings is 1. The van der Waals surface area contributed by atoms with E-state index in [-0.39, 0.29) is 17.3 Å². The molecule has 0 atom stereocenters. The Morgan fingerprint density at radius 3 is 2.60 bits per heavy atom. The second-order valence-electron chi connectivity index (χ2n) is 5.00. The Bertz CT molecular complexity index is 615. The number of nitrogen functional groups attached to an aromatic ring is 1. The summed E-state index contributed by atoms with van der Waals surface area (Å²) in [5.74, 6) is -0.625. The highest BCUT2D eigenvalue weighted by Crippen LogP contribution is 2.29. The molecule has 0 amide bonds. The van der Waals surface area contributed by atoms with E-state index in [1.807, 2.05) is 0 Å². The highest BCUT2D eigenvalue weighted by molar-refractivity contribution is 5.49. The Balaban J connectivity index is 2.27. The van der Waals surface area contributed by atoms with Crippen LogP contribution >= 0.6 is 0 Å². The van der Waals surface area contributed by atoms with Gasteiger partial charge >= 0.3 is 0 Å². The van der Waals surface area contributed by atoms with Gasteiger partial charge in [0.05, 0.1) is 0 Å². The van der Waals surface area contributed by atoms with Crippen LogP contribution in [0, 0.1) is 17.6 Å². The van der Waals surface area contributed by atoms with Crippen LogP contribution in [-0.4, -0.2) is 4.98 Å². The summed E-state index contributed by atoms with van der Waals surface area (Å²) in [6, 6.07) is 4.83. The molecular weight excluding hydrogens is 262 g/mol. The van der Waals surface area contributed by atoms with Crippen molar-refractivity contribution in [2.24, 2.45) is 5.92 Å². The fraction of sp³-hybridized carbons (Fsp3) is 0.267. The number of hydrogen-bond acceptors (Lipinski definition) is 3. The summed E-state index contributed by atoms with van der Waals surface area (Å²) in [7, 11) is 0. The molecule has 0 spiro atoms. The van der Waals surface area contributed by atoms with Crippen LogP contribution in [-0.2, 0) is 6.42 Å². The van der Waals surface area contributed by atoms with Gasteiger partial charge in [-0.15, -0.1) is 0 Å². The molecule has 2 aromatic rings. The van der Waals surface area contributed by atoms with E-state index < -0.39 is 11.6 Å². The first-order valence-corrected chi connectivity index (χ1v) is 6.33. The van der Waals surface area contributed by atoms with Gasteiger partial charge in [-0.05, 0) is 36.1 Å². The Hall–Kier alpha value is -2.17. The van der Waals surface area contributed by atoms with Gasteiger partial charge in [0, 0.05) is 12.3 Å². The van der Waals surface area contributed by atoms with Gasteiger partial charge in [-0.1, -0.05) is 13.8 Å². The molecule has 0 fully saturated rings. The van der Waals surface area contributed by atoms with Crippen LogP contribution in [0.1, 0.15) is 19.4 Å². The molecule has 0 aliphatic heterocycles. The number of hydrogen-bond donors (Lipinski definition) is 1. The first-order chi connectivity index (χ1) is 9.45. The maximum absolute atomic E-state index is 13.6. The van der Waals surface area contributed by atoms with Crippen LogP contribution < -0.4 is 10.5 Å². The summed E-state index contributed by atoms with van der Waals surface area (Å²) in [4.78, 5) is 4.03. The Morgan fingerprint density at radius 1 is 1.20 bits per heavy atom. The average Bonchev–Trinajstić information content (AvgIpc) is 2.36. The van der Waals surface area contributed by atoms with Crippen LogP contribution in [0.2, 0.25) is 0 Å². The molecule has 20 heavy (non-hydrogen) atoms. The quantitative estimate of drug-likeness (QED) is 0.921. The highest BCUT2D eigenvalue weighted by atomic mass is 19.1. The van der Waals surface area contributed by atoms with Crippen molar-refractivity contribution in [2.75, 3.05) is 5.73 Å². The number of nitrogens with zero attached hydrogens (tertiary/aromatic N) is 1. The topological polar surface area (TPSA) is 48.1 Å². The molecule has 106 valence electrons. The van der Waals surface area contributed by atoms with Gasteiger partial charge in [0.25, 0.3) is 0 Å². The largest absolute Gasteiger partial charge is 0.450 e. The summed E-state index contributed by atoms with van der Waals surface area (Å²) in [6.07, 6.45) is 2.48. The number of anilines is 1. The van der Waals surface area contributed by atoms with Crippen molar-refractivity contribution >= 4 is 5.82 Å². The summed E-state index contributed by atoms with van der Waals surface area (Å²) >= 11 is 0. The molecule has 0 saturated carbocycles. The zero-order chi connectivity index (χ0) is 14.7. The number of pyridine rings is 1. The predicted octanol–water partition coefficient (Wildman–Crippen LogP) is 3.93. The van der Waals surface area contributed by atoms with Gasteiger partial charge in [0.15, 0.2) is 23.1 Å². The average molecular weight is 278 g/mol. The first kappa shape index (κ1) is 14.2. The van der Waals surface area contributed by atoms with Crippen molar-refractivity contribution in [3.63, 3.8) is 0 Å². The molecule has 0 saturated heterocycles. The minimum Gasteiger partial charge on any atom is -0.450 e. The third-order valence-electron chi connectivity index (χ3n) is 2.70. The minimum absolute atomic E-state index is 0.0819. The number of halogens is 2. The van der Waals surface area contributed by atoms with Gasteiger partial charge in [0.2, 0.25) is 0 Å². The molecule has 0 bridgehead atoms. The Morgan fingerprint density at radius 2 is 1.95 bits per heavy atom. The second-order valence-corrected chi connectivity index (χ2v) is 5.00. The smallest absolute Gasteiger partial charge is 0.169 e. The molecule has 1 heterocycles. The van der Waals surface area contributed by atoms with Gasteiger partial charge < -0.3 is 10.5 Å². The maximum Gasteiger partial charge on any atom is 0.169 e. The molecule has 1 aromatic heterocycles. The fourth-order valence-electron chi connectivity index (χ4n) is 1.84. The minimum atomic E-state index is -0.779. The summed E-state index contributed by atoms with van der Waals surface area (Å²) in [5.41, 5.74) is 6.67. The molecule has 2 rings (SSSR count). The van der Waals surface area contributed by atoms with E-state index in [1.54, 1.807) is 12.3 Å². The van der Waals surface area contributed by atoms with Crippen molar-refractivity contribution in [1.82, 2.24) is 4.98 Å². The van der Waals surface area contributed by atoms with E-state index in [4.69, 9.17) is 10.5 Å². The fourth-order valence-corrected chi connectivity index (χ4v) is 1.84. The molecule has 0 aliphatic rings. The normalized spacial score (nSPS) is 10.8. The molecule has 1 aromatic carbocycles. The second kappa shape index (κ2) is 5.86. The standard InChI is InChI=1S/C15H16F2N2O/c1-9(2)5-10-6-14(15(18)19-8-10)20-13-4-3-11(16)7-12(13)17/h3-4,6-9H,5H2,1-2H3,(H2,18,19). The summed E-state index contributed by atoms with van der Waals surface area (Å²) < 4.78 is 31.8. The lowest BCUT2D eigenvalue weighted by molar-refractivity contribution is 0.437. The predicted molar refractivity (Wildman–Crippen MR) is 73.6 cm³/mol. The Labute approximate surface area is 116 Å². The van der Waals surface area contributed by atoms with E-state index >= 15 is 0 Å². The molecule has 0 aliphatic carbocycles. The molecule has 0 unspecified atom stereocenters. The molecule has 3 nitrogen and oxygen atoms in total. The van der Waals surface area contributed by atoms with E-state index in [0.717, 1.165) is 24.1 Å². The van der Waals surface area contributed by atoms with E-state index in [9.17, 15) is 8.78 Å². The highest BCUT2D eigenvalue weighted by Gasteiger charge is 2.10. The van der Waals surface area contributed by atoms with Crippen LogP contribution in [0.25, 0.3) is 0 Å². The lowest BCUT2D eigenvalue weighted by atomic mass is 10.0. The van der Waals surface area contributed by atoms with Crippen LogP contribution in [0.15, 0.2) is 30.5 Å².